The first kappa shape index (κ1) is 27.9. The number of nitrogens with zero attached hydrogens (tertiary/aromatic N) is 2. The number of hydrogen-bond donors (Lipinski definition) is 0. The van der Waals surface area contributed by atoms with Gasteiger partial charge < -0.3 is 9.47 Å². The van der Waals surface area contributed by atoms with Gasteiger partial charge in [0, 0.05) is 58.8 Å². The molecule has 0 aliphatic heterocycles. The number of hydrogen-bond acceptors (Lipinski definition) is 2. The van der Waals surface area contributed by atoms with E-state index >= 15 is 0 Å². The number of fused-ring (bicyclic) bond motifs is 8. The van der Waals surface area contributed by atoms with Gasteiger partial charge in [0.15, 0.2) is 0 Å². The van der Waals surface area contributed by atoms with E-state index in [0.717, 1.165) is 17.1 Å². The largest absolute Gasteiger partial charge is 0.310 e. The maximum Gasteiger partial charge on any atom is 0.0547 e. The van der Waals surface area contributed by atoms with Crippen LogP contribution >= 0.6 is 11.3 Å². The summed E-state index contributed by atoms with van der Waals surface area (Å²) in [6.45, 7) is 0. The van der Waals surface area contributed by atoms with Crippen molar-refractivity contribution in [3.05, 3.63) is 182 Å². The molecule has 3 heteroatoms. The van der Waals surface area contributed by atoms with E-state index in [4.69, 9.17) is 0 Å². The molecule has 0 amide bonds. The van der Waals surface area contributed by atoms with Gasteiger partial charge in [-0.3, -0.25) is 0 Å². The molecule has 0 atom stereocenters. The van der Waals surface area contributed by atoms with E-state index in [1.807, 2.05) is 11.3 Å². The molecule has 0 bridgehead atoms. The fourth-order valence-electron chi connectivity index (χ4n) is 7.52. The van der Waals surface area contributed by atoms with Crippen LogP contribution in [0.25, 0.3) is 69.6 Å². The van der Waals surface area contributed by atoms with Crippen LogP contribution in [0.5, 0.6) is 0 Å². The van der Waals surface area contributed by atoms with Crippen molar-refractivity contribution >= 4 is 81.1 Å². The van der Waals surface area contributed by atoms with E-state index in [2.05, 4.69) is 191 Å². The molecule has 0 unspecified atom stereocenters. The van der Waals surface area contributed by atoms with Gasteiger partial charge in [-0.25, -0.2) is 0 Å². The van der Waals surface area contributed by atoms with E-state index in [-0.39, 0.29) is 0 Å². The molecule has 8 aromatic carbocycles. The highest BCUT2D eigenvalue weighted by atomic mass is 32.1. The minimum absolute atomic E-state index is 1.11. The summed E-state index contributed by atoms with van der Waals surface area (Å²) in [7, 11) is 0. The van der Waals surface area contributed by atoms with Crippen molar-refractivity contribution in [3.63, 3.8) is 0 Å². The van der Waals surface area contributed by atoms with Crippen molar-refractivity contribution < 1.29 is 0 Å². The first-order valence-corrected chi connectivity index (χ1v) is 17.5. The molecule has 0 saturated carbocycles. The zero-order chi connectivity index (χ0) is 32.3. The van der Waals surface area contributed by atoms with Crippen molar-refractivity contribution in [2.24, 2.45) is 0 Å². The van der Waals surface area contributed by atoms with Gasteiger partial charge in [-0.2, -0.15) is 0 Å². The molecule has 2 aromatic heterocycles. The molecule has 0 saturated heterocycles. The van der Waals surface area contributed by atoms with Crippen LogP contribution in [-0.2, 0) is 0 Å². The molecule has 2 heterocycles. The van der Waals surface area contributed by atoms with E-state index < -0.39 is 0 Å². The average Bonchev–Trinajstić information content (AvgIpc) is 3.72. The average molecular weight is 643 g/mol. The quantitative estimate of drug-likeness (QED) is 0.181. The van der Waals surface area contributed by atoms with E-state index in [1.165, 1.54) is 69.6 Å². The van der Waals surface area contributed by atoms with Crippen molar-refractivity contribution in [1.29, 1.82) is 0 Å². The van der Waals surface area contributed by atoms with Crippen LogP contribution in [0.15, 0.2) is 182 Å². The lowest BCUT2D eigenvalue weighted by atomic mass is 10.0. The van der Waals surface area contributed by atoms with Gasteiger partial charge in [-0.15, -0.1) is 11.3 Å². The highest BCUT2D eigenvalue weighted by molar-refractivity contribution is 7.26. The molecule has 10 aromatic rings. The Balaban J connectivity index is 1.19. The second-order valence-electron chi connectivity index (χ2n) is 12.6. The molecule has 2 nitrogen and oxygen atoms in total. The maximum absolute atomic E-state index is 2.43. The van der Waals surface area contributed by atoms with Crippen molar-refractivity contribution in [1.82, 2.24) is 4.57 Å². The van der Waals surface area contributed by atoms with Gasteiger partial charge in [-0.1, -0.05) is 121 Å². The normalized spacial score (nSPS) is 11.7. The molecule has 49 heavy (non-hydrogen) atoms. The maximum atomic E-state index is 2.43. The third-order valence-corrected chi connectivity index (χ3v) is 11.0. The Labute approximate surface area is 288 Å². The van der Waals surface area contributed by atoms with Crippen LogP contribution < -0.4 is 4.90 Å². The van der Waals surface area contributed by atoms with Crippen molar-refractivity contribution in [2.45, 2.75) is 0 Å². The van der Waals surface area contributed by atoms with Gasteiger partial charge >= 0.3 is 0 Å². The van der Waals surface area contributed by atoms with Gasteiger partial charge in [0.25, 0.3) is 0 Å². The minimum atomic E-state index is 1.11. The molecule has 230 valence electrons. The lowest BCUT2D eigenvalue weighted by Crippen LogP contribution is -2.10. The number of benzene rings is 8. The monoisotopic (exact) mass is 642 g/mol. The number of anilines is 3. The van der Waals surface area contributed by atoms with Crippen LogP contribution in [-0.4, -0.2) is 4.57 Å². The zero-order valence-corrected chi connectivity index (χ0v) is 27.4. The lowest BCUT2D eigenvalue weighted by molar-refractivity contribution is 1.17. The van der Waals surface area contributed by atoms with Gasteiger partial charge in [-0.05, 0) is 71.8 Å². The highest BCUT2D eigenvalue weighted by Crippen LogP contribution is 2.46. The molecule has 0 aliphatic carbocycles. The first-order valence-electron chi connectivity index (χ1n) is 16.7. The Kier molecular flexibility index (Phi) is 6.39. The second kappa shape index (κ2) is 11.2. The third kappa shape index (κ3) is 4.47. The van der Waals surface area contributed by atoms with Crippen LogP contribution in [0, 0.1) is 0 Å². The molecular formula is C46H30N2S. The van der Waals surface area contributed by atoms with Gasteiger partial charge in [0.2, 0.25) is 0 Å². The van der Waals surface area contributed by atoms with E-state index in [1.54, 1.807) is 0 Å². The van der Waals surface area contributed by atoms with Crippen molar-refractivity contribution in [3.8, 4) is 16.8 Å². The molecule has 0 fully saturated rings. The Morgan fingerprint density at radius 3 is 1.57 bits per heavy atom. The molecule has 10 rings (SSSR count). The number of rotatable bonds is 5. The van der Waals surface area contributed by atoms with Gasteiger partial charge in [0.05, 0.1) is 16.7 Å². The van der Waals surface area contributed by atoms with Gasteiger partial charge in [0.1, 0.15) is 0 Å². The molecule has 0 N–H and O–H groups in total. The first-order chi connectivity index (χ1) is 24.3. The minimum Gasteiger partial charge on any atom is -0.310 e. The fourth-order valence-corrected chi connectivity index (χ4v) is 8.75. The predicted molar refractivity (Wildman–Crippen MR) is 211 cm³/mol. The molecule has 0 aliphatic rings. The number of aromatic nitrogens is 1. The predicted octanol–water partition coefficient (Wildman–Crippen LogP) is 13.4. The smallest absolute Gasteiger partial charge is 0.0547 e. The van der Waals surface area contributed by atoms with Crippen molar-refractivity contribution in [2.75, 3.05) is 4.90 Å². The Hall–Kier alpha value is -6.16. The van der Waals surface area contributed by atoms with Crippen LogP contribution in [0.1, 0.15) is 0 Å². The molecule has 0 spiro atoms. The van der Waals surface area contributed by atoms with Crippen LogP contribution in [0.3, 0.4) is 0 Å². The molecular weight excluding hydrogens is 613 g/mol. The summed E-state index contributed by atoms with van der Waals surface area (Å²) in [5, 5.41) is 7.65. The second-order valence-corrected chi connectivity index (χ2v) is 13.6. The summed E-state index contributed by atoms with van der Waals surface area (Å²) in [4.78, 5) is 2.43. The SMILES string of the molecule is c1ccc(-c2ccc(N(c3ccc(-n4c5ccccc5c5ccccc54)cc3)c3cc4c5ccccc5sc4c4ccccc34)cc2)cc1. The number of para-hydroxylation sites is 2. The molecule has 0 radical (unpaired) electrons. The fraction of sp³-hybridized carbons (Fsp3) is 0. The summed E-state index contributed by atoms with van der Waals surface area (Å²) in [5.41, 5.74) is 9.39. The Morgan fingerprint density at radius 1 is 0.388 bits per heavy atom. The standard InChI is InChI=1S/C46H30N2S/c1-2-12-31(13-3-1)32-22-24-33(25-23-32)47(44-30-41-39-17-8-11-21-45(39)49-46(41)40-18-5-4-16-38(40)44)34-26-28-35(29-27-34)48-42-19-9-6-14-36(42)37-15-7-10-20-43(37)48/h1-30H. The van der Waals surface area contributed by atoms with Crippen LogP contribution in [0.4, 0.5) is 17.1 Å². The summed E-state index contributed by atoms with van der Waals surface area (Å²) in [6.07, 6.45) is 0. The topological polar surface area (TPSA) is 8.17 Å². The van der Waals surface area contributed by atoms with Crippen LogP contribution in [0.2, 0.25) is 0 Å². The highest BCUT2D eigenvalue weighted by Gasteiger charge is 2.20. The summed E-state index contributed by atoms with van der Waals surface area (Å²) >= 11 is 1.88. The number of thiophene rings is 1. The summed E-state index contributed by atoms with van der Waals surface area (Å²) in [5.74, 6) is 0. The zero-order valence-electron chi connectivity index (χ0n) is 26.6. The Morgan fingerprint density at radius 2 is 0.898 bits per heavy atom. The lowest BCUT2D eigenvalue weighted by Gasteiger charge is -2.28. The summed E-state index contributed by atoms with van der Waals surface area (Å²) in [6, 6.07) is 66.1. The van der Waals surface area contributed by atoms with E-state index in [0.29, 0.717) is 0 Å². The third-order valence-electron chi connectivity index (χ3n) is 9.78. The Bertz CT molecular complexity index is 2750. The van der Waals surface area contributed by atoms with E-state index in [9.17, 15) is 0 Å². The summed E-state index contributed by atoms with van der Waals surface area (Å²) < 4.78 is 5.03.